The molecule has 152 valence electrons. The van der Waals surface area contributed by atoms with Crippen LogP contribution in [0.15, 0.2) is 64.4 Å². The lowest BCUT2D eigenvalue weighted by Gasteiger charge is -2.16. The fourth-order valence-electron chi connectivity index (χ4n) is 3.27. The van der Waals surface area contributed by atoms with Crippen LogP contribution in [0.4, 0.5) is 5.82 Å². The Kier molecular flexibility index (Phi) is 5.69. The molecule has 1 saturated heterocycles. The maximum absolute atomic E-state index is 13.1. The summed E-state index contributed by atoms with van der Waals surface area (Å²) in [7, 11) is 3.65. The quantitative estimate of drug-likeness (QED) is 0.452. The van der Waals surface area contributed by atoms with Gasteiger partial charge in [0.1, 0.15) is 15.8 Å². The number of aromatic nitrogens is 2. The average Bonchev–Trinajstić information content (AvgIpc) is 3.01. The van der Waals surface area contributed by atoms with Gasteiger partial charge in [-0.2, -0.15) is 0 Å². The third kappa shape index (κ3) is 3.88. The average molecular weight is 437 g/mol. The summed E-state index contributed by atoms with van der Waals surface area (Å²) >= 11 is 6.66. The van der Waals surface area contributed by atoms with Gasteiger partial charge in [0.15, 0.2) is 0 Å². The first-order valence-electron chi connectivity index (χ1n) is 9.43. The molecule has 1 aliphatic heterocycles. The van der Waals surface area contributed by atoms with Crippen molar-refractivity contribution in [1.29, 1.82) is 0 Å². The molecule has 0 atom stereocenters. The zero-order chi connectivity index (χ0) is 21.3. The molecular weight excluding hydrogens is 416 g/mol. The fraction of sp³-hybridized carbons (Fsp3) is 0.182. The van der Waals surface area contributed by atoms with E-state index >= 15 is 0 Å². The van der Waals surface area contributed by atoms with Crippen molar-refractivity contribution in [3.05, 3.63) is 81.1 Å². The molecule has 0 radical (unpaired) electrons. The van der Waals surface area contributed by atoms with Crippen LogP contribution in [0.5, 0.6) is 0 Å². The maximum Gasteiger partial charge on any atom is 0.267 e. The number of fused-ring (bicyclic) bond motifs is 1. The molecule has 1 amide bonds. The third-order valence-corrected chi connectivity index (χ3v) is 6.17. The topological polar surface area (TPSA) is 57.9 Å². The van der Waals surface area contributed by atoms with Gasteiger partial charge in [-0.25, -0.2) is 4.98 Å². The number of carbonyl (C=O) groups is 1. The van der Waals surface area contributed by atoms with E-state index in [1.54, 1.807) is 34.2 Å². The summed E-state index contributed by atoms with van der Waals surface area (Å²) in [5.74, 6) is 0.337. The van der Waals surface area contributed by atoms with Gasteiger partial charge in [0.25, 0.3) is 11.5 Å². The Hall–Kier alpha value is -2.97. The summed E-state index contributed by atoms with van der Waals surface area (Å²) in [5, 5.41) is 0. The molecule has 0 unspecified atom stereocenters. The van der Waals surface area contributed by atoms with Crippen LogP contribution in [-0.4, -0.2) is 45.2 Å². The Labute approximate surface area is 183 Å². The molecular formula is C22H20N4O2S2. The highest BCUT2D eigenvalue weighted by molar-refractivity contribution is 8.26. The maximum atomic E-state index is 13.1. The van der Waals surface area contributed by atoms with Gasteiger partial charge in [0.05, 0.1) is 10.5 Å². The van der Waals surface area contributed by atoms with Crippen molar-refractivity contribution in [3.63, 3.8) is 0 Å². The van der Waals surface area contributed by atoms with Gasteiger partial charge in [-0.1, -0.05) is 60.4 Å². The van der Waals surface area contributed by atoms with E-state index in [1.807, 2.05) is 50.5 Å². The van der Waals surface area contributed by atoms with Crippen molar-refractivity contribution in [2.24, 2.45) is 0 Å². The first-order valence-corrected chi connectivity index (χ1v) is 10.7. The van der Waals surface area contributed by atoms with E-state index in [9.17, 15) is 9.59 Å². The van der Waals surface area contributed by atoms with Crippen LogP contribution in [0.25, 0.3) is 11.7 Å². The number of benzene rings is 1. The molecule has 0 saturated carbocycles. The third-order valence-electron chi connectivity index (χ3n) is 4.79. The number of anilines is 1. The zero-order valence-corrected chi connectivity index (χ0v) is 18.2. The van der Waals surface area contributed by atoms with E-state index < -0.39 is 0 Å². The van der Waals surface area contributed by atoms with Crippen LogP contribution in [0.2, 0.25) is 0 Å². The van der Waals surface area contributed by atoms with Gasteiger partial charge in [0.2, 0.25) is 0 Å². The lowest BCUT2D eigenvalue weighted by atomic mass is 10.1. The smallest absolute Gasteiger partial charge is 0.267 e. The second kappa shape index (κ2) is 8.41. The largest absolute Gasteiger partial charge is 0.362 e. The van der Waals surface area contributed by atoms with Gasteiger partial charge >= 0.3 is 0 Å². The Morgan fingerprint density at radius 3 is 2.57 bits per heavy atom. The summed E-state index contributed by atoms with van der Waals surface area (Å²) in [6, 6.07) is 15.4. The van der Waals surface area contributed by atoms with Crippen LogP contribution in [0, 0.1) is 0 Å². The number of thioether (sulfide) groups is 1. The Morgan fingerprint density at radius 1 is 1.10 bits per heavy atom. The minimum Gasteiger partial charge on any atom is -0.362 e. The van der Waals surface area contributed by atoms with Crippen LogP contribution in [0.3, 0.4) is 0 Å². The second-order valence-electron chi connectivity index (χ2n) is 7.05. The molecule has 8 heteroatoms. The minimum absolute atomic E-state index is 0.178. The molecule has 4 rings (SSSR count). The lowest BCUT2D eigenvalue weighted by molar-refractivity contribution is -0.122. The zero-order valence-electron chi connectivity index (χ0n) is 16.6. The number of carbonyl (C=O) groups excluding carboxylic acids is 1. The Balaban J connectivity index is 1.68. The fourth-order valence-corrected chi connectivity index (χ4v) is 4.56. The summed E-state index contributed by atoms with van der Waals surface area (Å²) in [5.41, 5.74) is 1.84. The molecule has 0 aliphatic carbocycles. The number of nitrogens with zero attached hydrogens (tertiary/aromatic N) is 4. The first kappa shape index (κ1) is 20.3. The van der Waals surface area contributed by atoms with Crippen LogP contribution in [-0.2, 0) is 11.2 Å². The predicted molar refractivity (Wildman–Crippen MR) is 126 cm³/mol. The number of rotatable bonds is 5. The minimum atomic E-state index is -0.223. The predicted octanol–water partition coefficient (Wildman–Crippen LogP) is 3.20. The second-order valence-corrected chi connectivity index (χ2v) is 8.72. The number of amides is 1. The van der Waals surface area contributed by atoms with E-state index in [4.69, 9.17) is 12.2 Å². The summed E-state index contributed by atoms with van der Waals surface area (Å²) in [6.45, 7) is 0.501. The first-order chi connectivity index (χ1) is 14.5. The monoisotopic (exact) mass is 436 g/mol. The summed E-state index contributed by atoms with van der Waals surface area (Å²) in [6.07, 6.45) is 4.00. The van der Waals surface area contributed by atoms with Crippen molar-refractivity contribution in [3.8, 4) is 0 Å². The number of thiocarbonyl (C=S) groups is 1. The summed E-state index contributed by atoms with van der Waals surface area (Å²) < 4.78 is 1.98. The van der Waals surface area contributed by atoms with Gasteiger partial charge in [0, 0.05) is 26.8 Å². The molecule has 6 nitrogen and oxygen atoms in total. The van der Waals surface area contributed by atoms with Crippen molar-refractivity contribution in [2.75, 3.05) is 25.5 Å². The molecule has 2 aromatic heterocycles. The number of pyridine rings is 1. The van der Waals surface area contributed by atoms with E-state index in [0.717, 1.165) is 5.56 Å². The molecule has 0 spiro atoms. The highest BCUT2D eigenvalue weighted by atomic mass is 32.2. The van der Waals surface area contributed by atoms with Gasteiger partial charge in [-0.05, 0) is 30.2 Å². The molecule has 1 aliphatic rings. The van der Waals surface area contributed by atoms with Gasteiger partial charge in [-0.3, -0.25) is 18.9 Å². The Bertz CT molecular complexity index is 1220. The van der Waals surface area contributed by atoms with Gasteiger partial charge < -0.3 is 4.90 Å². The van der Waals surface area contributed by atoms with E-state index in [-0.39, 0.29) is 11.5 Å². The normalized spacial score (nSPS) is 15.4. The molecule has 3 heterocycles. The molecule has 3 aromatic rings. The highest BCUT2D eigenvalue weighted by Gasteiger charge is 2.32. The van der Waals surface area contributed by atoms with Crippen LogP contribution >= 0.6 is 24.0 Å². The number of hydrogen-bond acceptors (Lipinski definition) is 6. The number of hydrogen-bond donors (Lipinski definition) is 0. The lowest BCUT2D eigenvalue weighted by Crippen LogP contribution is -2.30. The molecule has 30 heavy (non-hydrogen) atoms. The molecule has 1 aromatic carbocycles. The van der Waals surface area contributed by atoms with Crippen LogP contribution < -0.4 is 10.5 Å². The summed E-state index contributed by atoms with van der Waals surface area (Å²) in [4.78, 5) is 34.5. The van der Waals surface area contributed by atoms with Crippen molar-refractivity contribution >= 4 is 51.7 Å². The van der Waals surface area contributed by atoms with Crippen molar-refractivity contribution in [2.45, 2.75) is 6.42 Å². The Morgan fingerprint density at radius 2 is 1.83 bits per heavy atom. The SMILES string of the molecule is CN(C)c1nc2ccccn2c(=O)c1/C=C1\SC(=S)N(CCc2ccccc2)C1=O. The van der Waals surface area contributed by atoms with Crippen molar-refractivity contribution in [1.82, 2.24) is 14.3 Å². The van der Waals surface area contributed by atoms with Crippen molar-refractivity contribution < 1.29 is 4.79 Å². The molecule has 1 fully saturated rings. The van der Waals surface area contributed by atoms with E-state index in [1.165, 1.54) is 16.2 Å². The highest BCUT2D eigenvalue weighted by Crippen LogP contribution is 2.33. The molecule has 0 bridgehead atoms. The van der Waals surface area contributed by atoms with E-state index in [0.29, 0.717) is 39.2 Å². The van der Waals surface area contributed by atoms with Crippen LogP contribution in [0.1, 0.15) is 11.1 Å². The standard InChI is InChI=1S/C22H20N4O2S2/c1-24(2)19-16(20(27)25-12-7-6-10-18(25)23-19)14-17-21(28)26(22(29)30-17)13-11-15-8-4-3-5-9-15/h3-10,12,14H,11,13H2,1-2H3/b17-14-. The van der Waals surface area contributed by atoms with E-state index in [2.05, 4.69) is 4.98 Å². The molecule has 0 N–H and O–H groups in total. The van der Waals surface area contributed by atoms with Gasteiger partial charge in [-0.15, -0.1) is 0 Å².